The van der Waals surface area contributed by atoms with Gasteiger partial charge < -0.3 is 19.7 Å². The summed E-state index contributed by atoms with van der Waals surface area (Å²) in [6.07, 6.45) is 6.11. The monoisotopic (exact) mass is 290 g/mol. The van der Waals surface area contributed by atoms with Crippen LogP contribution in [0.2, 0.25) is 0 Å². The molecule has 0 fully saturated rings. The van der Waals surface area contributed by atoms with E-state index in [1.807, 2.05) is 0 Å². The summed E-state index contributed by atoms with van der Waals surface area (Å²) in [7, 11) is 0. The van der Waals surface area contributed by atoms with Crippen molar-refractivity contribution in [2.45, 2.75) is 51.4 Å². The van der Waals surface area contributed by atoms with Crippen LogP contribution in [0.4, 0.5) is 0 Å². The Kier molecular flexibility index (Phi) is 13.5. The summed E-state index contributed by atoms with van der Waals surface area (Å²) >= 11 is 0. The molecule has 0 heterocycles. The Balaban J connectivity index is 3.19. The first-order valence-electron chi connectivity index (χ1n) is 7.23. The highest BCUT2D eigenvalue weighted by molar-refractivity contribution is 5.70. The van der Waals surface area contributed by atoms with Gasteiger partial charge in [0, 0.05) is 13.0 Å². The zero-order valence-corrected chi connectivity index (χ0v) is 12.0. The van der Waals surface area contributed by atoms with E-state index in [2.05, 4.69) is 0 Å². The van der Waals surface area contributed by atoms with E-state index in [-0.39, 0.29) is 12.6 Å². The Morgan fingerprint density at radius 2 is 1.25 bits per heavy atom. The second-order valence-corrected chi connectivity index (χ2v) is 4.55. The van der Waals surface area contributed by atoms with Gasteiger partial charge in [-0.3, -0.25) is 4.79 Å². The Hall–Kier alpha value is -1.14. The minimum atomic E-state index is -0.597. The maximum absolute atomic E-state index is 11.3. The second-order valence-electron chi connectivity index (χ2n) is 4.55. The van der Waals surface area contributed by atoms with Crippen molar-refractivity contribution in [1.82, 2.24) is 0 Å². The SMILES string of the molecule is O=C(CO)OCCCCCCOC(=O)CCCCCO. The molecule has 0 aliphatic rings. The Labute approximate surface area is 120 Å². The van der Waals surface area contributed by atoms with Gasteiger partial charge in [-0.05, 0) is 38.5 Å². The van der Waals surface area contributed by atoms with Crippen molar-refractivity contribution in [3.05, 3.63) is 0 Å². The van der Waals surface area contributed by atoms with E-state index >= 15 is 0 Å². The highest BCUT2D eigenvalue weighted by atomic mass is 16.5. The molecule has 118 valence electrons. The fourth-order valence-electron chi connectivity index (χ4n) is 1.61. The molecular formula is C14H26O6. The van der Waals surface area contributed by atoms with E-state index in [0.29, 0.717) is 19.6 Å². The third-order valence-corrected chi connectivity index (χ3v) is 2.73. The van der Waals surface area contributed by atoms with Crippen molar-refractivity contribution in [3.8, 4) is 0 Å². The van der Waals surface area contributed by atoms with Gasteiger partial charge in [0.15, 0.2) is 0 Å². The molecule has 0 radical (unpaired) electrons. The van der Waals surface area contributed by atoms with Crippen LogP contribution in [0.15, 0.2) is 0 Å². The fraction of sp³-hybridized carbons (Fsp3) is 0.857. The number of aliphatic hydroxyl groups is 2. The van der Waals surface area contributed by atoms with Crippen LogP contribution < -0.4 is 0 Å². The van der Waals surface area contributed by atoms with Crippen molar-refractivity contribution < 1.29 is 29.3 Å². The topological polar surface area (TPSA) is 93.1 Å². The van der Waals surface area contributed by atoms with Crippen LogP contribution in [-0.4, -0.2) is 48.6 Å². The van der Waals surface area contributed by atoms with Crippen molar-refractivity contribution in [2.75, 3.05) is 26.4 Å². The highest BCUT2D eigenvalue weighted by Gasteiger charge is 2.02. The van der Waals surface area contributed by atoms with Crippen molar-refractivity contribution in [1.29, 1.82) is 0 Å². The minimum Gasteiger partial charge on any atom is -0.466 e. The molecule has 0 aromatic heterocycles. The van der Waals surface area contributed by atoms with Crippen LogP contribution in [-0.2, 0) is 19.1 Å². The molecule has 0 aromatic carbocycles. The van der Waals surface area contributed by atoms with Crippen molar-refractivity contribution >= 4 is 11.9 Å². The summed E-state index contributed by atoms with van der Waals surface area (Å²) in [5.74, 6) is -0.778. The van der Waals surface area contributed by atoms with E-state index in [4.69, 9.17) is 19.7 Å². The quantitative estimate of drug-likeness (QED) is 0.391. The van der Waals surface area contributed by atoms with Crippen LogP contribution in [0.5, 0.6) is 0 Å². The molecule has 0 atom stereocenters. The van der Waals surface area contributed by atoms with E-state index < -0.39 is 12.6 Å². The van der Waals surface area contributed by atoms with E-state index in [1.165, 1.54) is 0 Å². The van der Waals surface area contributed by atoms with Gasteiger partial charge in [0.25, 0.3) is 0 Å². The zero-order chi connectivity index (χ0) is 15.1. The number of ether oxygens (including phenoxy) is 2. The Morgan fingerprint density at radius 3 is 1.80 bits per heavy atom. The molecule has 0 aromatic rings. The molecule has 6 nitrogen and oxygen atoms in total. The lowest BCUT2D eigenvalue weighted by molar-refractivity contribution is -0.147. The molecule has 0 saturated carbocycles. The third-order valence-electron chi connectivity index (χ3n) is 2.73. The third kappa shape index (κ3) is 13.3. The summed E-state index contributed by atoms with van der Waals surface area (Å²) in [6.45, 7) is 0.343. The second kappa shape index (κ2) is 14.3. The maximum atomic E-state index is 11.3. The van der Waals surface area contributed by atoms with Gasteiger partial charge in [0.2, 0.25) is 0 Å². The van der Waals surface area contributed by atoms with E-state index in [1.54, 1.807) is 0 Å². The number of esters is 2. The molecule has 0 spiro atoms. The first-order chi connectivity index (χ1) is 9.70. The largest absolute Gasteiger partial charge is 0.466 e. The van der Waals surface area contributed by atoms with Gasteiger partial charge >= 0.3 is 11.9 Å². The number of carbonyl (C=O) groups excluding carboxylic acids is 2. The number of hydrogen-bond acceptors (Lipinski definition) is 6. The summed E-state index contributed by atoms with van der Waals surface area (Å²) in [4.78, 5) is 21.9. The van der Waals surface area contributed by atoms with Crippen LogP contribution in [0.1, 0.15) is 51.4 Å². The van der Waals surface area contributed by atoms with E-state index in [9.17, 15) is 9.59 Å². The summed E-state index contributed by atoms with van der Waals surface area (Å²) in [5.41, 5.74) is 0. The summed E-state index contributed by atoms with van der Waals surface area (Å²) in [6, 6.07) is 0. The lowest BCUT2D eigenvalue weighted by Gasteiger charge is -2.05. The molecule has 0 aliphatic heterocycles. The molecule has 0 rings (SSSR count). The predicted octanol–water partition coefficient (Wildman–Crippen LogP) is 1.18. The van der Waals surface area contributed by atoms with Crippen molar-refractivity contribution in [2.24, 2.45) is 0 Å². The van der Waals surface area contributed by atoms with Gasteiger partial charge in [-0.15, -0.1) is 0 Å². The lowest BCUT2D eigenvalue weighted by atomic mass is 10.2. The number of carbonyl (C=O) groups is 2. The first kappa shape index (κ1) is 18.9. The lowest BCUT2D eigenvalue weighted by Crippen LogP contribution is -2.09. The first-order valence-corrected chi connectivity index (χ1v) is 7.23. The predicted molar refractivity (Wildman–Crippen MR) is 73.0 cm³/mol. The van der Waals surface area contributed by atoms with Gasteiger partial charge in [-0.1, -0.05) is 6.42 Å². The Morgan fingerprint density at radius 1 is 0.700 bits per heavy atom. The fourth-order valence-corrected chi connectivity index (χ4v) is 1.61. The number of hydrogen-bond donors (Lipinski definition) is 2. The molecule has 0 aliphatic carbocycles. The zero-order valence-electron chi connectivity index (χ0n) is 12.0. The van der Waals surface area contributed by atoms with Gasteiger partial charge in [0.1, 0.15) is 6.61 Å². The van der Waals surface area contributed by atoms with Gasteiger partial charge in [0.05, 0.1) is 13.2 Å². The molecule has 6 heteroatoms. The molecule has 2 N–H and O–H groups in total. The molecule has 0 saturated heterocycles. The van der Waals surface area contributed by atoms with Gasteiger partial charge in [-0.25, -0.2) is 4.79 Å². The number of rotatable bonds is 13. The molecule has 0 unspecified atom stereocenters. The Bertz CT molecular complexity index is 254. The molecule has 0 bridgehead atoms. The summed E-state index contributed by atoms with van der Waals surface area (Å²) < 4.78 is 9.77. The maximum Gasteiger partial charge on any atom is 0.331 e. The average Bonchev–Trinajstić information content (AvgIpc) is 2.46. The minimum absolute atomic E-state index is 0.169. The van der Waals surface area contributed by atoms with Gasteiger partial charge in [-0.2, -0.15) is 0 Å². The van der Waals surface area contributed by atoms with E-state index in [0.717, 1.165) is 44.9 Å². The van der Waals surface area contributed by atoms with Crippen LogP contribution >= 0.6 is 0 Å². The van der Waals surface area contributed by atoms with Crippen molar-refractivity contribution in [3.63, 3.8) is 0 Å². The molecule has 20 heavy (non-hydrogen) atoms. The number of aliphatic hydroxyl groups excluding tert-OH is 2. The molecule has 0 amide bonds. The normalized spacial score (nSPS) is 10.3. The summed E-state index contributed by atoms with van der Waals surface area (Å²) in [5, 5.41) is 17.0. The average molecular weight is 290 g/mol. The van der Waals surface area contributed by atoms with Crippen LogP contribution in [0.25, 0.3) is 0 Å². The number of unbranched alkanes of at least 4 members (excludes halogenated alkanes) is 5. The standard InChI is InChI=1S/C14H26O6/c15-9-5-3-4-8-13(17)19-10-6-1-2-7-11-20-14(18)12-16/h15-16H,1-12H2. The van der Waals surface area contributed by atoms with Crippen LogP contribution in [0.3, 0.4) is 0 Å². The van der Waals surface area contributed by atoms with Crippen LogP contribution in [0, 0.1) is 0 Å². The highest BCUT2D eigenvalue weighted by Crippen LogP contribution is 2.04. The molecular weight excluding hydrogens is 264 g/mol. The smallest absolute Gasteiger partial charge is 0.331 e.